The Balaban J connectivity index is 3.38. The maximum atomic E-state index is 8.83. The Kier molecular flexibility index (Phi) is 2.52. The van der Waals surface area contributed by atoms with Gasteiger partial charge in [0.2, 0.25) is 0 Å². The summed E-state index contributed by atoms with van der Waals surface area (Å²) in [5.41, 5.74) is -0.316. The Morgan fingerprint density at radius 3 is 2.07 bits per heavy atom. The van der Waals surface area contributed by atoms with E-state index in [1.165, 1.54) is 0 Å². The first-order valence-electron chi connectivity index (χ1n) is 3.99. The number of rotatable bonds is 1. The largest absolute Gasteiger partial charge is 0.253 e. The summed E-state index contributed by atoms with van der Waals surface area (Å²) in [4.78, 5) is 0. The van der Waals surface area contributed by atoms with E-state index in [2.05, 4.69) is 0 Å². The summed E-state index contributed by atoms with van der Waals surface area (Å²) >= 11 is 0. The number of benzene rings is 1. The van der Waals surface area contributed by atoms with Gasteiger partial charge in [-0.25, -0.2) is 0 Å². The van der Waals surface area contributed by atoms with Crippen molar-refractivity contribution in [3.05, 3.63) is 35.4 Å². The molecule has 0 spiro atoms. The van der Waals surface area contributed by atoms with Crippen LogP contribution < -0.4 is 0 Å². The second-order valence-corrected chi connectivity index (χ2v) is 2.95. The molecule has 0 aromatic heterocycles. The van der Waals surface area contributed by atoms with Crippen LogP contribution in [0, 0.1) is 40.9 Å². The van der Waals surface area contributed by atoms with E-state index in [0.717, 1.165) is 5.56 Å². The van der Waals surface area contributed by atoms with Crippen LogP contribution in [0.3, 0.4) is 0 Å². The van der Waals surface area contributed by atoms with Crippen molar-refractivity contribution in [2.24, 2.45) is 0 Å². The Morgan fingerprint density at radius 1 is 1.07 bits per heavy atom. The van der Waals surface area contributed by atoms with Crippen molar-refractivity contribution >= 4 is 0 Å². The van der Waals surface area contributed by atoms with Crippen LogP contribution in [0.5, 0.6) is 0 Å². The lowest BCUT2D eigenvalue weighted by molar-refractivity contribution is 0.903. The quantitative estimate of drug-likeness (QED) is 0.663. The molecule has 0 unspecified atom stereocenters. The van der Waals surface area contributed by atoms with E-state index >= 15 is 0 Å². The number of nitrogens with zero attached hydrogens (tertiary/aromatic N) is 3. The van der Waals surface area contributed by atoms with Gasteiger partial charge in [-0.2, -0.15) is 15.8 Å². The van der Waals surface area contributed by atoms with Gasteiger partial charge in [0.1, 0.15) is 18.2 Å². The summed E-state index contributed by atoms with van der Waals surface area (Å²) in [5, 5.41) is 26.5. The number of hydrogen-bond donors (Lipinski definition) is 0. The number of nitriles is 3. The molecule has 0 atom stereocenters. The number of aryl methyl sites for hydroxylation is 1. The van der Waals surface area contributed by atoms with Crippen molar-refractivity contribution in [3.63, 3.8) is 0 Å². The first-order valence-corrected chi connectivity index (χ1v) is 3.99. The van der Waals surface area contributed by atoms with Gasteiger partial charge in [0.05, 0.1) is 0 Å². The van der Waals surface area contributed by atoms with Crippen LogP contribution in [0.4, 0.5) is 0 Å². The van der Waals surface area contributed by atoms with E-state index in [1.54, 1.807) is 36.4 Å². The molecule has 0 N–H and O–H groups in total. The zero-order valence-corrected chi connectivity index (χ0v) is 7.65. The Bertz CT molecular complexity index is 432. The van der Waals surface area contributed by atoms with Gasteiger partial charge in [-0.1, -0.05) is 29.8 Å². The lowest BCUT2D eigenvalue weighted by Crippen LogP contribution is -2.18. The highest BCUT2D eigenvalue weighted by atomic mass is 14.4. The predicted molar refractivity (Wildman–Crippen MR) is 49.7 cm³/mol. The average molecular weight is 181 g/mol. The minimum atomic E-state index is -1.67. The minimum Gasteiger partial charge on any atom is -0.195 e. The van der Waals surface area contributed by atoms with Gasteiger partial charge >= 0.3 is 0 Å². The zero-order valence-electron chi connectivity index (χ0n) is 7.65. The first-order chi connectivity index (χ1) is 6.68. The highest BCUT2D eigenvalue weighted by molar-refractivity contribution is 5.48. The van der Waals surface area contributed by atoms with Crippen molar-refractivity contribution in [2.45, 2.75) is 12.3 Å². The van der Waals surface area contributed by atoms with E-state index in [-0.39, 0.29) is 0 Å². The van der Waals surface area contributed by atoms with Gasteiger partial charge in [0, 0.05) is 5.56 Å². The summed E-state index contributed by atoms with van der Waals surface area (Å²) < 4.78 is 0. The smallest absolute Gasteiger partial charge is 0.195 e. The minimum absolute atomic E-state index is 0.435. The molecular weight excluding hydrogens is 174 g/mol. The molecule has 0 heterocycles. The van der Waals surface area contributed by atoms with Crippen molar-refractivity contribution in [3.8, 4) is 18.2 Å². The van der Waals surface area contributed by atoms with Crippen LogP contribution in [0.25, 0.3) is 0 Å². The molecule has 0 saturated carbocycles. The molecule has 1 aromatic rings. The van der Waals surface area contributed by atoms with Crippen LogP contribution in [0.2, 0.25) is 0 Å². The molecule has 0 radical (unpaired) electrons. The van der Waals surface area contributed by atoms with Crippen molar-refractivity contribution in [2.75, 3.05) is 0 Å². The molecule has 1 aromatic carbocycles. The van der Waals surface area contributed by atoms with Crippen LogP contribution in [-0.2, 0) is 5.41 Å². The van der Waals surface area contributed by atoms with E-state index in [0.29, 0.717) is 5.56 Å². The summed E-state index contributed by atoms with van der Waals surface area (Å²) in [7, 11) is 0. The third kappa shape index (κ3) is 1.42. The summed E-state index contributed by atoms with van der Waals surface area (Å²) in [6, 6.07) is 12.1. The van der Waals surface area contributed by atoms with Gasteiger partial charge in [-0.05, 0) is 6.92 Å². The van der Waals surface area contributed by atoms with Crippen molar-refractivity contribution in [1.82, 2.24) is 0 Å². The maximum Gasteiger partial charge on any atom is 0.253 e. The summed E-state index contributed by atoms with van der Waals surface area (Å²) in [6.45, 7) is 1.85. The topological polar surface area (TPSA) is 71.4 Å². The molecule has 0 bridgehead atoms. The molecule has 0 amide bonds. The summed E-state index contributed by atoms with van der Waals surface area (Å²) in [6.07, 6.45) is 0. The van der Waals surface area contributed by atoms with Crippen molar-refractivity contribution in [1.29, 1.82) is 15.8 Å². The molecule has 3 heteroatoms. The van der Waals surface area contributed by atoms with Crippen molar-refractivity contribution < 1.29 is 0 Å². The fourth-order valence-corrected chi connectivity index (χ4v) is 1.15. The monoisotopic (exact) mass is 181 g/mol. The SMILES string of the molecule is Cc1cccc(C(C#N)(C#N)C#N)c1. The van der Waals surface area contributed by atoms with E-state index < -0.39 is 5.41 Å². The molecule has 14 heavy (non-hydrogen) atoms. The van der Waals surface area contributed by atoms with Gasteiger partial charge in [0.25, 0.3) is 5.41 Å². The molecule has 66 valence electrons. The van der Waals surface area contributed by atoms with Gasteiger partial charge in [-0.15, -0.1) is 0 Å². The second-order valence-electron chi connectivity index (χ2n) is 2.95. The molecule has 0 fully saturated rings. The third-order valence-electron chi connectivity index (χ3n) is 1.95. The molecule has 3 nitrogen and oxygen atoms in total. The third-order valence-corrected chi connectivity index (χ3v) is 1.95. The van der Waals surface area contributed by atoms with E-state index in [9.17, 15) is 0 Å². The predicted octanol–water partition coefficient (Wildman–Crippen LogP) is 1.80. The fraction of sp³-hybridized carbons (Fsp3) is 0.182. The lowest BCUT2D eigenvalue weighted by atomic mass is 9.84. The van der Waals surface area contributed by atoms with Crippen LogP contribution in [-0.4, -0.2) is 0 Å². The van der Waals surface area contributed by atoms with Crippen LogP contribution in [0.15, 0.2) is 24.3 Å². The Morgan fingerprint density at radius 2 is 1.64 bits per heavy atom. The van der Waals surface area contributed by atoms with E-state index in [4.69, 9.17) is 15.8 Å². The first kappa shape index (κ1) is 9.78. The van der Waals surface area contributed by atoms with Gasteiger partial charge in [-0.3, -0.25) is 0 Å². The lowest BCUT2D eigenvalue weighted by Gasteiger charge is -2.09. The normalized spacial score (nSPS) is 9.57. The van der Waals surface area contributed by atoms with Gasteiger partial charge < -0.3 is 0 Å². The molecular formula is C11H7N3. The molecule has 1 rings (SSSR count). The molecule has 0 aliphatic rings. The van der Waals surface area contributed by atoms with Crippen LogP contribution >= 0.6 is 0 Å². The fourth-order valence-electron chi connectivity index (χ4n) is 1.15. The molecule has 0 saturated heterocycles. The van der Waals surface area contributed by atoms with Gasteiger partial charge in [0.15, 0.2) is 0 Å². The highest BCUT2D eigenvalue weighted by Gasteiger charge is 2.32. The Hall–Kier alpha value is -2.31. The molecule has 0 aliphatic carbocycles. The average Bonchev–Trinajstić information content (AvgIpc) is 2.22. The highest BCUT2D eigenvalue weighted by Crippen LogP contribution is 2.22. The Labute approximate surface area is 82.4 Å². The maximum absolute atomic E-state index is 8.83. The molecule has 0 aliphatic heterocycles. The van der Waals surface area contributed by atoms with Crippen LogP contribution in [0.1, 0.15) is 11.1 Å². The van der Waals surface area contributed by atoms with E-state index in [1.807, 2.05) is 13.0 Å². The second kappa shape index (κ2) is 3.60. The summed E-state index contributed by atoms with van der Waals surface area (Å²) in [5.74, 6) is 0. The standard InChI is InChI=1S/C11H7N3/c1-9-3-2-4-10(5-9)11(6-12,7-13)8-14/h2-5H,1H3. The number of hydrogen-bond acceptors (Lipinski definition) is 3. The zero-order chi connectivity index (χ0) is 10.6.